The summed E-state index contributed by atoms with van der Waals surface area (Å²) in [4.78, 5) is 22.9. The van der Waals surface area contributed by atoms with Crippen molar-refractivity contribution in [2.75, 3.05) is 5.32 Å². The average Bonchev–Trinajstić information content (AvgIpc) is 3.04. The Morgan fingerprint density at radius 2 is 1.85 bits per heavy atom. The summed E-state index contributed by atoms with van der Waals surface area (Å²) in [5, 5.41) is 19.6. The molecule has 3 aromatic rings. The molecule has 0 saturated heterocycles. The van der Waals surface area contributed by atoms with E-state index in [0.717, 1.165) is 5.56 Å². The highest BCUT2D eigenvalue weighted by Crippen LogP contribution is 2.22. The number of carboxylic acid groups (broad SMARTS) is 1. The van der Waals surface area contributed by atoms with Crippen LogP contribution in [0.3, 0.4) is 0 Å². The molecule has 0 radical (unpaired) electrons. The van der Waals surface area contributed by atoms with Crippen molar-refractivity contribution in [2.45, 2.75) is 12.8 Å². The maximum absolute atomic E-state index is 12.4. The van der Waals surface area contributed by atoms with Crippen molar-refractivity contribution < 1.29 is 19.1 Å². The third-order valence-electron chi connectivity index (χ3n) is 3.89. The third kappa shape index (κ3) is 3.89. The van der Waals surface area contributed by atoms with Gasteiger partial charge in [0.25, 0.3) is 5.91 Å². The van der Waals surface area contributed by atoms with Gasteiger partial charge in [-0.3, -0.25) is 15.0 Å². The Bertz CT molecular complexity index is 990. The van der Waals surface area contributed by atoms with Crippen LogP contribution in [0.25, 0.3) is 11.0 Å². The number of amides is 1. The fraction of sp³-hybridized carbons (Fsp3) is 0.105. The number of anilines is 1. The molecule has 7 heteroatoms. The Hall–Kier alpha value is -3.61. The molecule has 1 heterocycles. The van der Waals surface area contributed by atoms with Crippen LogP contribution < -0.4 is 11.1 Å². The van der Waals surface area contributed by atoms with E-state index in [9.17, 15) is 9.59 Å². The molecule has 5 N–H and O–H groups in total. The second kappa shape index (κ2) is 7.10. The molecule has 3 rings (SSSR count). The third-order valence-corrected chi connectivity index (χ3v) is 3.89. The van der Waals surface area contributed by atoms with Gasteiger partial charge in [-0.05, 0) is 48.4 Å². The highest BCUT2D eigenvalue weighted by molar-refractivity contribution is 6.05. The number of nitrogen functional groups attached to an aromatic ring is 1. The van der Waals surface area contributed by atoms with Crippen LogP contribution in [-0.2, 0) is 11.2 Å². The van der Waals surface area contributed by atoms with Gasteiger partial charge in [0.05, 0.1) is 0 Å². The zero-order chi connectivity index (χ0) is 18.7. The number of nitrogens with two attached hydrogens (primary N) is 1. The maximum Gasteiger partial charge on any atom is 0.303 e. The Morgan fingerprint density at radius 1 is 1.12 bits per heavy atom. The fourth-order valence-corrected chi connectivity index (χ4v) is 2.52. The molecule has 0 unspecified atom stereocenters. The van der Waals surface area contributed by atoms with Crippen molar-refractivity contribution in [3.05, 3.63) is 65.4 Å². The number of aryl methyl sites for hydroxylation is 1. The largest absolute Gasteiger partial charge is 0.481 e. The standard InChI is InChI=1S/C19H17N3O4/c20-18(21)12-4-7-15-13(9-12)10-16(26-15)19(25)22-14-5-1-11(2-6-14)3-8-17(23)24/h1-2,4-7,9-10H,3,8H2,(H3,20,21)(H,22,25)(H,23,24). The number of aliphatic carboxylic acids is 1. The second-order valence-corrected chi connectivity index (χ2v) is 5.82. The van der Waals surface area contributed by atoms with E-state index in [1.54, 1.807) is 48.5 Å². The molecule has 0 spiro atoms. The lowest BCUT2D eigenvalue weighted by molar-refractivity contribution is -0.136. The van der Waals surface area contributed by atoms with Gasteiger partial charge in [0, 0.05) is 23.1 Å². The lowest BCUT2D eigenvalue weighted by Gasteiger charge is -2.04. The van der Waals surface area contributed by atoms with Crippen molar-refractivity contribution in [3.63, 3.8) is 0 Å². The number of rotatable bonds is 6. The minimum Gasteiger partial charge on any atom is -0.481 e. The highest BCUT2D eigenvalue weighted by Gasteiger charge is 2.13. The summed E-state index contributed by atoms with van der Waals surface area (Å²) in [6.07, 6.45) is 0.499. The molecule has 0 atom stereocenters. The van der Waals surface area contributed by atoms with Crippen molar-refractivity contribution in [1.82, 2.24) is 0 Å². The lowest BCUT2D eigenvalue weighted by atomic mass is 10.1. The first kappa shape index (κ1) is 17.2. The molecule has 132 valence electrons. The lowest BCUT2D eigenvalue weighted by Crippen LogP contribution is -2.10. The van der Waals surface area contributed by atoms with Crippen LogP contribution in [0.1, 0.15) is 28.1 Å². The second-order valence-electron chi connectivity index (χ2n) is 5.82. The van der Waals surface area contributed by atoms with Gasteiger partial charge >= 0.3 is 5.97 Å². The zero-order valence-corrected chi connectivity index (χ0v) is 13.8. The van der Waals surface area contributed by atoms with E-state index in [2.05, 4.69) is 5.32 Å². The molecule has 2 aromatic carbocycles. The number of carboxylic acids is 1. The van der Waals surface area contributed by atoms with Crippen LogP contribution in [0.2, 0.25) is 0 Å². The van der Waals surface area contributed by atoms with Gasteiger partial charge in [-0.2, -0.15) is 0 Å². The number of hydrogen-bond acceptors (Lipinski definition) is 4. The van der Waals surface area contributed by atoms with Gasteiger partial charge in [0.1, 0.15) is 11.4 Å². The summed E-state index contributed by atoms with van der Waals surface area (Å²) in [5.74, 6) is -1.15. The number of nitrogens with one attached hydrogen (secondary N) is 2. The number of amidine groups is 1. The molecule has 0 aliphatic rings. The summed E-state index contributed by atoms with van der Waals surface area (Å²) in [5.41, 5.74) is 8.02. The SMILES string of the molecule is N=C(N)c1ccc2oc(C(=O)Nc3ccc(CCC(=O)O)cc3)cc2c1. The van der Waals surface area contributed by atoms with E-state index in [0.29, 0.717) is 28.6 Å². The molecule has 0 aliphatic heterocycles. The Morgan fingerprint density at radius 3 is 2.50 bits per heavy atom. The fourth-order valence-electron chi connectivity index (χ4n) is 2.52. The molecule has 0 aliphatic carbocycles. The molecular formula is C19H17N3O4. The topological polar surface area (TPSA) is 129 Å². The predicted octanol–water partition coefficient (Wildman–Crippen LogP) is 2.99. The van der Waals surface area contributed by atoms with Crippen LogP contribution in [0, 0.1) is 5.41 Å². The van der Waals surface area contributed by atoms with Crippen LogP contribution in [0.4, 0.5) is 5.69 Å². The van der Waals surface area contributed by atoms with E-state index in [1.807, 2.05) is 0 Å². The quantitative estimate of drug-likeness (QED) is 0.401. The summed E-state index contributed by atoms with van der Waals surface area (Å²) in [6.45, 7) is 0. The van der Waals surface area contributed by atoms with Gasteiger partial charge in [-0.25, -0.2) is 0 Å². The molecule has 1 aromatic heterocycles. The van der Waals surface area contributed by atoms with Gasteiger partial charge in [-0.1, -0.05) is 12.1 Å². The first-order chi connectivity index (χ1) is 12.4. The Kier molecular flexibility index (Phi) is 4.70. The van der Waals surface area contributed by atoms with E-state index >= 15 is 0 Å². The number of furan rings is 1. The minimum absolute atomic E-state index is 0.0536. The zero-order valence-electron chi connectivity index (χ0n) is 13.8. The number of carbonyl (C=O) groups excluding carboxylic acids is 1. The Labute approximate surface area is 148 Å². The van der Waals surface area contributed by atoms with E-state index in [1.165, 1.54) is 0 Å². The van der Waals surface area contributed by atoms with Crippen LogP contribution >= 0.6 is 0 Å². The molecule has 0 fully saturated rings. The van der Waals surface area contributed by atoms with E-state index in [-0.39, 0.29) is 18.0 Å². The molecule has 0 bridgehead atoms. The number of hydrogen-bond donors (Lipinski definition) is 4. The molecule has 26 heavy (non-hydrogen) atoms. The predicted molar refractivity (Wildman–Crippen MR) is 97.6 cm³/mol. The van der Waals surface area contributed by atoms with Crippen molar-refractivity contribution in [3.8, 4) is 0 Å². The summed E-state index contributed by atoms with van der Waals surface area (Å²) in [6, 6.07) is 13.6. The number of benzene rings is 2. The van der Waals surface area contributed by atoms with Gasteiger partial charge in [0.15, 0.2) is 5.76 Å². The summed E-state index contributed by atoms with van der Waals surface area (Å²) >= 11 is 0. The van der Waals surface area contributed by atoms with Crippen LogP contribution in [0.5, 0.6) is 0 Å². The minimum atomic E-state index is -0.847. The van der Waals surface area contributed by atoms with Crippen LogP contribution in [0.15, 0.2) is 52.9 Å². The van der Waals surface area contributed by atoms with Gasteiger partial charge < -0.3 is 20.6 Å². The monoisotopic (exact) mass is 351 g/mol. The first-order valence-corrected chi connectivity index (χ1v) is 7.92. The molecule has 7 nitrogen and oxygen atoms in total. The number of carbonyl (C=O) groups is 2. The van der Waals surface area contributed by atoms with Gasteiger partial charge in [0.2, 0.25) is 0 Å². The van der Waals surface area contributed by atoms with Crippen LogP contribution in [-0.4, -0.2) is 22.8 Å². The van der Waals surface area contributed by atoms with E-state index in [4.69, 9.17) is 20.7 Å². The van der Waals surface area contributed by atoms with Crippen molar-refractivity contribution in [2.24, 2.45) is 5.73 Å². The maximum atomic E-state index is 12.4. The van der Waals surface area contributed by atoms with E-state index < -0.39 is 11.9 Å². The first-order valence-electron chi connectivity index (χ1n) is 7.92. The highest BCUT2D eigenvalue weighted by atomic mass is 16.4. The normalized spacial score (nSPS) is 10.6. The number of fused-ring (bicyclic) bond motifs is 1. The Balaban J connectivity index is 1.72. The molecule has 0 saturated carbocycles. The van der Waals surface area contributed by atoms with Crippen molar-refractivity contribution in [1.29, 1.82) is 5.41 Å². The average molecular weight is 351 g/mol. The van der Waals surface area contributed by atoms with Gasteiger partial charge in [-0.15, -0.1) is 0 Å². The summed E-state index contributed by atoms with van der Waals surface area (Å²) < 4.78 is 5.54. The summed E-state index contributed by atoms with van der Waals surface area (Å²) in [7, 11) is 0. The van der Waals surface area contributed by atoms with Crippen molar-refractivity contribution >= 4 is 34.4 Å². The molecular weight excluding hydrogens is 334 g/mol. The smallest absolute Gasteiger partial charge is 0.303 e. The molecule has 1 amide bonds.